The number of aromatic nitrogens is 2. The maximum atomic E-state index is 14.5. The quantitative estimate of drug-likeness (QED) is 0.0254. The van der Waals surface area contributed by atoms with Crippen LogP contribution in [0.25, 0.3) is 0 Å². The first-order chi connectivity index (χ1) is 37.2. The van der Waals surface area contributed by atoms with E-state index in [0.29, 0.717) is 83.1 Å². The molecule has 1 rings (SSSR count). The predicted molar refractivity (Wildman–Crippen MR) is 307 cm³/mol. The van der Waals surface area contributed by atoms with E-state index in [1.807, 2.05) is 0 Å². The molecule has 23 nitrogen and oxygen atoms in total. The summed E-state index contributed by atoms with van der Waals surface area (Å²) in [6.07, 6.45) is 26.7. The van der Waals surface area contributed by atoms with Crippen molar-refractivity contribution in [3.8, 4) is 0 Å². The van der Waals surface area contributed by atoms with Gasteiger partial charge in [-0.15, -0.1) is 0 Å². The molecule has 0 bridgehead atoms. The van der Waals surface area contributed by atoms with Gasteiger partial charge < -0.3 is 76.2 Å². The van der Waals surface area contributed by atoms with Crippen LogP contribution < -0.4 is 56.5 Å². The van der Waals surface area contributed by atoms with Gasteiger partial charge in [0.25, 0.3) is 0 Å². The smallest absolute Gasteiger partial charge is 0.243 e. The number of nitrogens with zero attached hydrogens (tertiary/aromatic N) is 6. The number of guanidine groups is 2. The van der Waals surface area contributed by atoms with Crippen LogP contribution in [-0.2, 0) is 35.2 Å². The van der Waals surface area contributed by atoms with Crippen LogP contribution in [0.2, 0.25) is 0 Å². The fraction of sp³-hybridized carbons (Fsp3) is 0.796. The number of aromatic amines is 1. The second kappa shape index (κ2) is 45.5. The number of carbonyl (C=O) groups excluding carboxylic acids is 6. The highest BCUT2D eigenvalue weighted by atomic mass is 16.2. The molecule has 1 heterocycles. The summed E-state index contributed by atoms with van der Waals surface area (Å²) < 4.78 is 0. The maximum absolute atomic E-state index is 14.5. The molecule has 6 amide bonds. The molecule has 0 aliphatic rings. The highest BCUT2D eigenvalue weighted by Gasteiger charge is 2.33. The molecule has 1 aromatic heterocycles. The van der Waals surface area contributed by atoms with Crippen LogP contribution in [0.3, 0.4) is 0 Å². The molecule has 1 aromatic rings. The SMILES string of the molecule is CCCCCCCCCCCCCCCCCC(=O)N(CCN)C(CCCN=C(N)N)C(=O)NCCN(C(=O)CCCCCN)C(Cc1cnc[nH]1)C(=O)NCCN(C(=O)CCCCN=C(N)N)C(CCCCN)C(N)=O. The second-order valence-electron chi connectivity index (χ2n) is 20.2. The minimum Gasteiger partial charge on any atom is -0.370 e. The summed E-state index contributed by atoms with van der Waals surface area (Å²) >= 11 is 0. The van der Waals surface area contributed by atoms with Gasteiger partial charge in [0.15, 0.2) is 11.9 Å². The van der Waals surface area contributed by atoms with E-state index in [-0.39, 0.29) is 114 Å². The number of aliphatic imine (C=N–C) groups is 2. The van der Waals surface area contributed by atoms with Crippen molar-refractivity contribution in [2.24, 2.45) is 55.9 Å². The number of hydrogen-bond acceptors (Lipinski definition) is 12. The number of nitrogens with two attached hydrogens (primary N) is 8. The van der Waals surface area contributed by atoms with Crippen molar-refractivity contribution < 1.29 is 28.8 Å². The third-order valence-electron chi connectivity index (χ3n) is 13.7. The molecule has 0 spiro atoms. The van der Waals surface area contributed by atoms with Crippen molar-refractivity contribution in [3.63, 3.8) is 0 Å². The third-order valence-corrected chi connectivity index (χ3v) is 13.7. The Bertz CT molecular complexity index is 1790. The van der Waals surface area contributed by atoms with E-state index in [0.717, 1.165) is 19.3 Å². The first-order valence-electron chi connectivity index (χ1n) is 29.1. The molecule has 77 heavy (non-hydrogen) atoms. The molecule has 0 saturated heterocycles. The molecule has 0 saturated carbocycles. The molecule has 0 aliphatic carbocycles. The van der Waals surface area contributed by atoms with Crippen LogP contribution in [0, 0.1) is 0 Å². The standard InChI is InChI=1S/C54H105N17O6/c1-2-3-4-5-6-7-8-9-10-11-12-13-14-15-17-27-47(72)69(37-32-57)45(26-24-34-67-54(61)62)51(76)64-36-39-71(49(74)28-18-16-21-30-55)46(40-43-41-63-42-68-43)52(77)65-35-38-70(44(50(58)75)25-19-22-31-56)48(73)29-20-23-33-66-53(59)60/h41-42,44-46H,2-40,55-57H2,1H3,(H2,58,75)(H,63,68)(H,64,76)(H,65,77)(H4,59,60,66)(H4,61,62,67). The summed E-state index contributed by atoms with van der Waals surface area (Å²) in [6.45, 7) is 3.76. The number of hydrogen-bond donors (Lipinski definition) is 11. The lowest BCUT2D eigenvalue weighted by Crippen LogP contribution is -2.56. The highest BCUT2D eigenvalue weighted by Crippen LogP contribution is 2.18. The van der Waals surface area contributed by atoms with Crippen LogP contribution in [0.5, 0.6) is 0 Å². The van der Waals surface area contributed by atoms with Gasteiger partial charge in [-0.25, -0.2) is 4.98 Å². The normalized spacial score (nSPS) is 12.3. The lowest BCUT2D eigenvalue weighted by atomic mass is 10.0. The Morgan fingerprint density at radius 2 is 0.922 bits per heavy atom. The van der Waals surface area contributed by atoms with E-state index in [2.05, 4.69) is 37.5 Å². The Labute approximate surface area is 460 Å². The van der Waals surface area contributed by atoms with Crippen LogP contribution in [0.15, 0.2) is 22.5 Å². The molecular weight excluding hydrogens is 983 g/mol. The molecule has 0 aromatic carbocycles. The van der Waals surface area contributed by atoms with Gasteiger partial charge in [0.1, 0.15) is 18.1 Å². The molecule has 0 radical (unpaired) electrons. The number of imidazole rings is 1. The summed E-state index contributed by atoms with van der Waals surface area (Å²) in [5, 5.41) is 5.89. The monoisotopic (exact) mass is 1090 g/mol. The van der Waals surface area contributed by atoms with Crippen molar-refractivity contribution in [2.45, 2.75) is 211 Å². The van der Waals surface area contributed by atoms with E-state index >= 15 is 0 Å². The molecule has 0 aliphatic heterocycles. The molecule has 23 heteroatoms. The molecule has 0 fully saturated rings. The minimum atomic E-state index is -1.09. The van der Waals surface area contributed by atoms with E-state index in [1.165, 1.54) is 86.8 Å². The van der Waals surface area contributed by atoms with Crippen molar-refractivity contribution in [1.82, 2.24) is 35.3 Å². The van der Waals surface area contributed by atoms with E-state index in [1.54, 1.807) is 11.1 Å². The average Bonchev–Trinajstić information content (AvgIpc) is 3.92. The van der Waals surface area contributed by atoms with Crippen molar-refractivity contribution in [1.29, 1.82) is 0 Å². The number of H-pyrrole nitrogens is 1. The largest absolute Gasteiger partial charge is 0.370 e. The number of nitrogens with one attached hydrogen (secondary N) is 3. The minimum absolute atomic E-state index is 0.0429. The zero-order valence-electron chi connectivity index (χ0n) is 47.2. The lowest BCUT2D eigenvalue weighted by Gasteiger charge is -2.33. The van der Waals surface area contributed by atoms with Gasteiger partial charge in [0.05, 0.1) is 6.33 Å². The van der Waals surface area contributed by atoms with Crippen LogP contribution in [-0.4, -0.2) is 156 Å². The van der Waals surface area contributed by atoms with Crippen molar-refractivity contribution in [2.75, 3.05) is 65.4 Å². The summed E-state index contributed by atoms with van der Waals surface area (Å²) in [5.41, 5.74) is 46.1. The van der Waals surface area contributed by atoms with Gasteiger partial charge in [0, 0.05) is 89.9 Å². The first-order valence-corrected chi connectivity index (χ1v) is 29.1. The fourth-order valence-corrected chi connectivity index (χ4v) is 9.41. The topological polar surface area (TPSA) is 398 Å². The van der Waals surface area contributed by atoms with Gasteiger partial charge in [0.2, 0.25) is 35.4 Å². The zero-order chi connectivity index (χ0) is 56.9. The fourth-order valence-electron chi connectivity index (χ4n) is 9.41. The molecular formula is C54H105N17O6. The van der Waals surface area contributed by atoms with Crippen LogP contribution >= 0.6 is 0 Å². The van der Waals surface area contributed by atoms with Crippen LogP contribution in [0.1, 0.15) is 192 Å². The number of amides is 6. The molecule has 19 N–H and O–H groups in total. The van der Waals surface area contributed by atoms with Crippen LogP contribution in [0.4, 0.5) is 0 Å². The molecule has 442 valence electrons. The third kappa shape index (κ3) is 33.4. The zero-order valence-corrected chi connectivity index (χ0v) is 47.2. The van der Waals surface area contributed by atoms with Gasteiger partial charge in [-0.2, -0.15) is 0 Å². The van der Waals surface area contributed by atoms with E-state index < -0.39 is 35.8 Å². The van der Waals surface area contributed by atoms with Gasteiger partial charge in [-0.05, 0) is 77.3 Å². The average molecular weight is 1090 g/mol. The Morgan fingerprint density at radius 1 is 0.506 bits per heavy atom. The number of primary amides is 1. The Morgan fingerprint density at radius 3 is 1.38 bits per heavy atom. The number of unbranched alkanes of at least 4 members (excludes halogenated alkanes) is 18. The van der Waals surface area contributed by atoms with Crippen molar-refractivity contribution >= 4 is 47.4 Å². The van der Waals surface area contributed by atoms with Gasteiger partial charge in [-0.3, -0.25) is 38.8 Å². The Hall–Kier alpha value is -5.55. The Balaban J connectivity index is 3.27. The summed E-state index contributed by atoms with van der Waals surface area (Å²) in [7, 11) is 0. The lowest BCUT2D eigenvalue weighted by molar-refractivity contribution is -0.142. The van der Waals surface area contributed by atoms with E-state index in [9.17, 15) is 28.8 Å². The maximum Gasteiger partial charge on any atom is 0.243 e. The van der Waals surface area contributed by atoms with Gasteiger partial charge in [-0.1, -0.05) is 103 Å². The summed E-state index contributed by atoms with van der Waals surface area (Å²) in [5.74, 6) is -2.59. The first kappa shape index (κ1) is 69.5. The predicted octanol–water partition coefficient (Wildman–Crippen LogP) is 2.63. The second-order valence-corrected chi connectivity index (χ2v) is 20.2. The molecule has 3 atom stereocenters. The summed E-state index contributed by atoms with van der Waals surface area (Å²) in [6, 6.07) is -2.93. The van der Waals surface area contributed by atoms with Gasteiger partial charge >= 0.3 is 0 Å². The number of rotatable bonds is 50. The Kier molecular flexibility index (Phi) is 41.0. The molecule has 3 unspecified atom stereocenters. The highest BCUT2D eigenvalue weighted by molar-refractivity contribution is 5.90. The number of carbonyl (C=O) groups is 6. The van der Waals surface area contributed by atoms with E-state index in [4.69, 9.17) is 45.9 Å². The van der Waals surface area contributed by atoms with Crippen molar-refractivity contribution in [3.05, 3.63) is 18.2 Å². The summed E-state index contributed by atoms with van der Waals surface area (Å²) in [4.78, 5) is 103.